The van der Waals surface area contributed by atoms with Crippen LogP contribution in [0.1, 0.15) is 53.4 Å². The molecule has 0 radical (unpaired) electrons. The zero-order chi connectivity index (χ0) is 11.8. The van der Waals surface area contributed by atoms with Gasteiger partial charge in [-0.2, -0.15) is 0 Å². The Bertz CT molecular complexity index is 262. The Hall–Kier alpha value is -0.275. The minimum absolute atomic E-state index is 0.161. The summed E-state index contributed by atoms with van der Waals surface area (Å²) in [4.78, 5) is 0. The van der Waals surface area contributed by atoms with Crippen LogP contribution in [0.25, 0.3) is 0 Å². The van der Waals surface area contributed by atoms with Crippen LogP contribution in [0.5, 0.6) is 0 Å². The van der Waals surface area contributed by atoms with Crippen LogP contribution in [0, 0.1) is 5.92 Å². The molecule has 1 saturated carbocycles. The zero-order valence-electron chi connectivity index (χ0n) is 11.0. The van der Waals surface area contributed by atoms with Gasteiger partial charge in [-0.3, -0.25) is 0 Å². The fraction of sp³-hybridized carbons (Fsp3) is 0.846. The second-order valence-electron chi connectivity index (χ2n) is 6.05. The topological polar surface area (TPSA) is 18.5 Å². The van der Waals surface area contributed by atoms with E-state index in [-0.39, 0.29) is 18.3 Å². The zero-order valence-corrected chi connectivity index (χ0v) is 11.0. The molecule has 0 N–H and O–H groups in total. The average Bonchev–Trinajstić information content (AvgIpc) is 2.70. The molecule has 0 aromatic rings. The lowest BCUT2D eigenvalue weighted by atomic mass is 9.88. The van der Waals surface area contributed by atoms with Gasteiger partial charge in [-0.1, -0.05) is 24.9 Å². The van der Waals surface area contributed by atoms with Gasteiger partial charge in [0.1, 0.15) is 0 Å². The first-order chi connectivity index (χ1) is 7.41. The van der Waals surface area contributed by atoms with Gasteiger partial charge >= 0.3 is 7.12 Å². The van der Waals surface area contributed by atoms with Crippen LogP contribution >= 0.6 is 0 Å². The summed E-state index contributed by atoms with van der Waals surface area (Å²) in [6, 6.07) is 0. The Morgan fingerprint density at radius 2 is 1.50 bits per heavy atom. The Morgan fingerprint density at radius 1 is 1.00 bits per heavy atom. The summed E-state index contributed by atoms with van der Waals surface area (Å²) in [6.45, 7) is 8.37. The number of allylic oxidation sites excluding steroid dienone is 1. The van der Waals surface area contributed by atoms with Gasteiger partial charge in [-0.25, -0.2) is 0 Å². The minimum Gasteiger partial charge on any atom is -0.400 e. The molecule has 0 bridgehead atoms. The highest BCUT2D eigenvalue weighted by Crippen LogP contribution is 2.37. The van der Waals surface area contributed by atoms with E-state index in [9.17, 15) is 0 Å². The van der Waals surface area contributed by atoms with E-state index in [0.29, 0.717) is 0 Å². The molecular weight excluding hydrogens is 199 g/mol. The van der Waals surface area contributed by atoms with E-state index in [1.165, 1.54) is 25.7 Å². The van der Waals surface area contributed by atoms with Gasteiger partial charge in [0, 0.05) is 0 Å². The molecule has 0 atom stereocenters. The second-order valence-corrected chi connectivity index (χ2v) is 6.05. The Labute approximate surface area is 99.5 Å². The largest absolute Gasteiger partial charge is 0.486 e. The van der Waals surface area contributed by atoms with Crippen molar-refractivity contribution in [1.29, 1.82) is 0 Å². The van der Waals surface area contributed by atoms with Crippen molar-refractivity contribution in [3.63, 3.8) is 0 Å². The molecule has 2 aliphatic rings. The van der Waals surface area contributed by atoms with Gasteiger partial charge in [0.05, 0.1) is 11.2 Å². The Balaban J connectivity index is 1.93. The molecule has 2 fully saturated rings. The third kappa shape index (κ3) is 2.35. The molecule has 1 aliphatic heterocycles. The smallest absolute Gasteiger partial charge is 0.400 e. The van der Waals surface area contributed by atoms with Gasteiger partial charge in [-0.15, -0.1) is 0 Å². The molecule has 90 valence electrons. The molecule has 1 heterocycles. The van der Waals surface area contributed by atoms with Crippen LogP contribution in [0.4, 0.5) is 0 Å². The van der Waals surface area contributed by atoms with Crippen molar-refractivity contribution in [2.75, 3.05) is 0 Å². The summed E-state index contributed by atoms with van der Waals surface area (Å²) in [7, 11) is -0.161. The van der Waals surface area contributed by atoms with Crippen LogP contribution < -0.4 is 0 Å². The third-order valence-corrected chi connectivity index (χ3v) is 4.21. The fourth-order valence-corrected chi connectivity index (χ4v) is 2.36. The number of hydrogen-bond acceptors (Lipinski definition) is 2. The van der Waals surface area contributed by atoms with E-state index in [4.69, 9.17) is 9.31 Å². The monoisotopic (exact) mass is 222 g/mol. The van der Waals surface area contributed by atoms with E-state index in [2.05, 4.69) is 39.7 Å². The Morgan fingerprint density at radius 3 is 2.00 bits per heavy atom. The highest BCUT2D eigenvalue weighted by Gasteiger charge is 2.50. The Kier molecular flexibility index (Phi) is 3.19. The van der Waals surface area contributed by atoms with Crippen LogP contribution in [0.2, 0.25) is 0 Å². The molecule has 1 aliphatic carbocycles. The van der Waals surface area contributed by atoms with Gasteiger partial charge in [0.25, 0.3) is 0 Å². The van der Waals surface area contributed by atoms with Crippen molar-refractivity contribution in [2.24, 2.45) is 5.92 Å². The average molecular weight is 222 g/mol. The second kappa shape index (κ2) is 4.19. The number of rotatable bonds is 2. The molecule has 2 nitrogen and oxygen atoms in total. The number of hydrogen-bond donors (Lipinski definition) is 0. The van der Waals surface area contributed by atoms with Crippen molar-refractivity contribution in [2.45, 2.75) is 64.6 Å². The molecular formula is C13H23BO2. The molecule has 0 aromatic carbocycles. The van der Waals surface area contributed by atoms with Crippen LogP contribution in [-0.4, -0.2) is 18.3 Å². The van der Waals surface area contributed by atoms with Gasteiger partial charge in [0.15, 0.2) is 0 Å². The molecule has 3 heteroatoms. The first-order valence-electron chi connectivity index (χ1n) is 6.45. The van der Waals surface area contributed by atoms with E-state index in [0.717, 1.165) is 5.92 Å². The van der Waals surface area contributed by atoms with Crippen molar-refractivity contribution in [1.82, 2.24) is 0 Å². The van der Waals surface area contributed by atoms with Crippen molar-refractivity contribution >= 4 is 7.12 Å². The predicted molar refractivity (Wildman–Crippen MR) is 67.2 cm³/mol. The van der Waals surface area contributed by atoms with Crippen LogP contribution in [0.3, 0.4) is 0 Å². The van der Waals surface area contributed by atoms with Gasteiger partial charge < -0.3 is 9.31 Å². The molecule has 0 spiro atoms. The van der Waals surface area contributed by atoms with Gasteiger partial charge in [-0.05, 0) is 46.5 Å². The van der Waals surface area contributed by atoms with E-state index >= 15 is 0 Å². The molecule has 0 unspecified atom stereocenters. The quantitative estimate of drug-likeness (QED) is 0.667. The maximum absolute atomic E-state index is 5.91. The standard InChI is InChI=1S/C13H23BO2/c1-12(2)13(3,4)16-14(15-12)10-9-11-7-5-6-8-11/h9-11H,5-8H2,1-4H3/b10-9-. The summed E-state index contributed by atoms with van der Waals surface area (Å²) in [5, 5.41) is 0. The van der Waals surface area contributed by atoms with E-state index in [1.54, 1.807) is 0 Å². The fourth-order valence-electron chi connectivity index (χ4n) is 2.36. The molecule has 16 heavy (non-hydrogen) atoms. The van der Waals surface area contributed by atoms with Crippen molar-refractivity contribution in [3.05, 3.63) is 12.1 Å². The molecule has 1 saturated heterocycles. The van der Waals surface area contributed by atoms with E-state index < -0.39 is 0 Å². The maximum Gasteiger partial charge on any atom is 0.486 e. The summed E-state index contributed by atoms with van der Waals surface area (Å²) in [6.07, 6.45) is 7.69. The lowest BCUT2D eigenvalue weighted by Crippen LogP contribution is -2.41. The van der Waals surface area contributed by atoms with Crippen molar-refractivity contribution in [3.8, 4) is 0 Å². The summed E-state index contributed by atoms with van der Waals surface area (Å²) < 4.78 is 11.8. The maximum atomic E-state index is 5.91. The lowest BCUT2D eigenvalue weighted by Gasteiger charge is -2.32. The van der Waals surface area contributed by atoms with Crippen LogP contribution in [-0.2, 0) is 9.31 Å². The minimum atomic E-state index is -0.211. The van der Waals surface area contributed by atoms with Gasteiger partial charge in [0.2, 0.25) is 0 Å². The summed E-state index contributed by atoms with van der Waals surface area (Å²) in [5.74, 6) is 2.85. The normalized spacial score (nSPS) is 29.4. The highest BCUT2D eigenvalue weighted by atomic mass is 16.7. The highest BCUT2D eigenvalue weighted by molar-refractivity contribution is 6.51. The first kappa shape index (κ1) is 12.2. The molecule has 2 rings (SSSR count). The van der Waals surface area contributed by atoms with E-state index in [1.807, 2.05) is 0 Å². The molecule has 0 amide bonds. The first-order valence-corrected chi connectivity index (χ1v) is 6.45. The summed E-state index contributed by atoms with van der Waals surface area (Å²) in [5.41, 5.74) is -0.421. The summed E-state index contributed by atoms with van der Waals surface area (Å²) >= 11 is 0. The molecule has 0 aromatic heterocycles. The lowest BCUT2D eigenvalue weighted by molar-refractivity contribution is 0.00578. The third-order valence-electron chi connectivity index (χ3n) is 4.21. The van der Waals surface area contributed by atoms with Crippen LogP contribution in [0.15, 0.2) is 12.1 Å². The van der Waals surface area contributed by atoms with Crippen molar-refractivity contribution < 1.29 is 9.31 Å². The SMILES string of the molecule is CC1(C)OB(/C=C\C2CCCC2)OC1(C)C. The predicted octanol–water partition coefficient (Wildman–Crippen LogP) is 3.36.